The summed E-state index contributed by atoms with van der Waals surface area (Å²) in [4.78, 5) is 11.0. The molecule has 1 saturated carbocycles. The summed E-state index contributed by atoms with van der Waals surface area (Å²) in [5.74, 6) is 0.0310. The first kappa shape index (κ1) is 13.9. The summed E-state index contributed by atoms with van der Waals surface area (Å²) in [7, 11) is 0. The normalized spacial score (nSPS) is 22.5. The fourth-order valence-electron chi connectivity index (χ4n) is 3.10. The van der Waals surface area contributed by atoms with Crippen molar-refractivity contribution in [1.29, 1.82) is 0 Å². The van der Waals surface area contributed by atoms with Crippen molar-refractivity contribution in [1.82, 2.24) is 0 Å². The Hall–Kier alpha value is -2.09. The van der Waals surface area contributed by atoms with Gasteiger partial charge in [0.05, 0.1) is 5.92 Å². The molecule has 1 N–H and O–H groups in total. The van der Waals surface area contributed by atoms with Gasteiger partial charge in [0.15, 0.2) is 0 Å². The van der Waals surface area contributed by atoms with E-state index in [2.05, 4.69) is 54.6 Å². The average Bonchev–Trinajstić information content (AvgIpc) is 3.26. The first-order chi connectivity index (χ1) is 10.2. The smallest absolute Gasteiger partial charge is 0.306 e. The molecule has 108 valence electrons. The number of fused-ring (bicyclic) bond motifs is 1. The van der Waals surface area contributed by atoms with E-state index in [0.717, 1.165) is 12.8 Å². The third kappa shape index (κ3) is 2.99. The Labute approximate surface area is 125 Å². The molecule has 0 saturated heterocycles. The summed E-state index contributed by atoms with van der Waals surface area (Å²) in [6, 6.07) is 14.7. The zero-order valence-corrected chi connectivity index (χ0v) is 12.2. The van der Waals surface area contributed by atoms with Crippen molar-refractivity contribution >= 4 is 22.8 Å². The van der Waals surface area contributed by atoms with E-state index in [1.165, 1.54) is 16.3 Å². The van der Waals surface area contributed by atoms with Crippen molar-refractivity contribution in [3.8, 4) is 0 Å². The van der Waals surface area contributed by atoms with Crippen LogP contribution in [0.25, 0.3) is 16.8 Å². The molecule has 1 aliphatic carbocycles. The number of hydrogen-bond donors (Lipinski definition) is 1. The summed E-state index contributed by atoms with van der Waals surface area (Å²) >= 11 is 0. The summed E-state index contributed by atoms with van der Waals surface area (Å²) in [5.41, 5.74) is 1.23. The zero-order chi connectivity index (χ0) is 14.8. The highest BCUT2D eigenvalue weighted by Crippen LogP contribution is 2.46. The van der Waals surface area contributed by atoms with E-state index in [4.69, 9.17) is 5.11 Å². The van der Waals surface area contributed by atoms with E-state index in [0.29, 0.717) is 11.8 Å². The number of benzene rings is 2. The predicted octanol–water partition coefficient (Wildman–Crippen LogP) is 4.60. The van der Waals surface area contributed by atoms with Crippen LogP contribution in [0, 0.1) is 17.8 Å². The maximum absolute atomic E-state index is 11.0. The fraction of sp³-hybridized carbons (Fsp3) is 0.316. The van der Waals surface area contributed by atoms with Gasteiger partial charge in [-0.15, -0.1) is 0 Å². The molecule has 0 amide bonds. The van der Waals surface area contributed by atoms with Gasteiger partial charge in [0.25, 0.3) is 0 Å². The molecule has 2 aromatic rings. The zero-order valence-electron chi connectivity index (χ0n) is 12.2. The van der Waals surface area contributed by atoms with Gasteiger partial charge in [0.2, 0.25) is 0 Å². The Morgan fingerprint density at radius 2 is 2.05 bits per heavy atom. The molecule has 3 rings (SSSR count). The van der Waals surface area contributed by atoms with Gasteiger partial charge >= 0.3 is 5.97 Å². The minimum atomic E-state index is -0.666. The van der Waals surface area contributed by atoms with Gasteiger partial charge in [-0.1, -0.05) is 61.5 Å². The molecule has 3 atom stereocenters. The van der Waals surface area contributed by atoms with Crippen molar-refractivity contribution < 1.29 is 9.90 Å². The molecule has 0 heterocycles. The van der Waals surface area contributed by atoms with E-state index in [9.17, 15) is 4.79 Å². The minimum absolute atomic E-state index is 0.207. The van der Waals surface area contributed by atoms with Gasteiger partial charge in [0, 0.05) is 0 Å². The van der Waals surface area contributed by atoms with E-state index in [1.807, 2.05) is 6.92 Å². The number of rotatable bonds is 5. The first-order valence-electron chi connectivity index (χ1n) is 7.54. The number of aliphatic carboxylic acids is 1. The summed E-state index contributed by atoms with van der Waals surface area (Å²) in [5, 5.41) is 11.5. The number of carboxylic acid groups (broad SMARTS) is 1. The monoisotopic (exact) mass is 280 g/mol. The molecule has 0 bridgehead atoms. The van der Waals surface area contributed by atoms with Crippen LogP contribution in [0.4, 0.5) is 0 Å². The molecule has 0 spiro atoms. The lowest BCUT2D eigenvalue weighted by Gasteiger charge is -2.03. The highest BCUT2D eigenvalue weighted by molar-refractivity contribution is 5.90. The van der Waals surface area contributed by atoms with Crippen LogP contribution in [-0.2, 0) is 4.79 Å². The molecule has 2 nitrogen and oxygen atoms in total. The van der Waals surface area contributed by atoms with Crippen molar-refractivity contribution in [2.75, 3.05) is 0 Å². The largest absolute Gasteiger partial charge is 0.481 e. The third-order valence-corrected chi connectivity index (χ3v) is 4.57. The van der Waals surface area contributed by atoms with Crippen LogP contribution in [0.15, 0.2) is 48.5 Å². The van der Waals surface area contributed by atoms with E-state index < -0.39 is 5.97 Å². The molecule has 0 aliphatic heterocycles. The Bertz CT molecular complexity index is 682. The van der Waals surface area contributed by atoms with Crippen molar-refractivity contribution in [3.05, 3.63) is 54.1 Å². The van der Waals surface area contributed by atoms with E-state index in [1.54, 1.807) is 0 Å². The molecule has 21 heavy (non-hydrogen) atoms. The van der Waals surface area contributed by atoms with Gasteiger partial charge in [-0.3, -0.25) is 4.79 Å². The number of allylic oxidation sites excluding steroid dienone is 1. The maximum Gasteiger partial charge on any atom is 0.306 e. The molecule has 0 radical (unpaired) electrons. The third-order valence-electron chi connectivity index (χ3n) is 4.57. The number of hydrogen-bond acceptors (Lipinski definition) is 1. The van der Waals surface area contributed by atoms with Crippen LogP contribution in [0.1, 0.15) is 25.3 Å². The summed E-state index contributed by atoms with van der Waals surface area (Å²) in [6.45, 7) is 1.82. The molecule has 1 aliphatic rings. The van der Waals surface area contributed by atoms with Gasteiger partial charge in [0.1, 0.15) is 0 Å². The summed E-state index contributed by atoms with van der Waals surface area (Å²) < 4.78 is 0. The highest BCUT2D eigenvalue weighted by atomic mass is 16.4. The summed E-state index contributed by atoms with van der Waals surface area (Å²) in [6.07, 6.45) is 6.39. The van der Waals surface area contributed by atoms with Crippen LogP contribution in [-0.4, -0.2) is 11.1 Å². The molecular formula is C19H20O2. The van der Waals surface area contributed by atoms with Crippen molar-refractivity contribution in [3.63, 3.8) is 0 Å². The molecule has 3 unspecified atom stereocenters. The highest BCUT2D eigenvalue weighted by Gasteiger charge is 2.42. The molecule has 1 fully saturated rings. The second-order valence-corrected chi connectivity index (χ2v) is 5.99. The van der Waals surface area contributed by atoms with E-state index in [-0.39, 0.29) is 5.92 Å². The number of carbonyl (C=O) groups is 1. The molecule has 2 aromatic carbocycles. The lowest BCUT2D eigenvalue weighted by molar-refractivity contribution is -0.141. The Balaban J connectivity index is 1.66. The Kier molecular flexibility index (Phi) is 3.78. The minimum Gasteiger partial charge on any atom is -0.481 e. The standard InChI is InChI=1S/C19H20O2/c1-13(19(20)21)18-12-16(18)10-5-9-15-8-4-7-14-6-2-3-11-17(14)15/h2-9,11,13,16,18H,10,12H2,1H3,(H,20,21). The van der Waals surface area contributed by atoms with Crippen LogP contribution in [0.2, 0.25) is 0 Å². The van der Waals surface area contributed by atoms with Gasteiger partial charge in [-0.25, -0.2) is 0 Å². The van der Waals surface area contributed by atoms with E-state index >= 15 is 0 Å². The predicted molar refractivity (Wildman–Crippen MR) is 86.0 cm³/mol. The van der Waals surface area contributed by atoms with Gasteiger partial charge < -0.3 is 5.11 Å². The number of carboxylic acids is 1. The Morgan fingerprint density at radius 1 is 1.29 bits per heavy atom. The fourth-order valence-corrected chi connectivity index (χ4v) is 3.10. The lowest BCUT2D eigenvalue weighted by Crippen LogP contribution is -2.12. The van der Waals surface area contributed by atoms with Gasteiger partial charge in [-0.05, 0) is 41.0 Å². The topological polar surface area (TPSA) is 37.3 Å². The van der Waals surface area contributed by atoms with Crippen LogP contribution in [0.3, 0.4) is 0 Å². The lowest BCUT2D eigenvalue weighted by atomic mass is 10.0. The second-order valence-electron chi connectivity index (χ2n) is 5.99. The first-order valence-corrected chi connectivity index (χ1v) is 7.54. The van der Waals surface area contributed by atoms with Crippen LogP contribution < -0.4 is 0 Å². The SMILES string of the molecule is CC(C(=O)O)C1CC1CC=Cc1cccc2ccccc12. The Morgan fingerprint density at radius 3 is 2.86 bits per heavy atom. The molecule has 0 aromatic heterocycles. The quantitative estimate of drug-likeness (QED) is 0.869. The van der Waals surface area contributed by atoms with Crippen LogP contribution >= 0.6 is 0 Å². The molecule has 2 heteroatoms. The second kappa shape index (κ2) is 5.72. The maximum atomic E-state index is 11.0. The average molecular weight is 280 g/mol. The van der Waals surface area contributed by atoms with Crippen molar-refractivity contribution in [2.24, 2.45) is 17.8 Å². The molecular weight excluding hydrogens is 260 g/mol. The van der Waals surface area contributed by atoms with Crippen molar-refractivity contribution in [2.45, 2.75) is 19.8 Å². The van der Waals surface area contributed by atoms with Crippen LogP contribution in [0.5, 0.6) is 0 Å². The van der Waals surface area contributed by atoms with Gasteiger partial charge in [-0.2, -0.15) is 0 Å².